The van der Waals surface area contributed by atoms with Crippen LogP contribution in [0.3, 0.4) is 0 Å². The van der Waals surface area contributed by atoms with E-state index in [0.29, 0.717) is 23.7 Å². The van der Waals surface area contributed by atoms with E-state index in [2.05, 4.69) is 10.5 Å². The van der Waals surface area contributed by atoms with Crippen LogP contribution in [0, 0.1) is 13.8 Å². The highest BCUT2D eigenvalue weighted by molar-refractivity contribution is 6.12. The molecule has 1 aliphatic rings. The summed E-state index contributed by atoms with van der Waals surface area (Å²) in [5, 5.41) is 7.50. The molecular weight excluding hydrogens is 430 g/mol. The van der Waals surface area contributed by atoms with Crippen molar-refractivity contribution in [3.63, 3.8) is 0 Å². The summed E-state index contributed by atoms with van der Waals surface area (Å²) < 4.78 is 16.9. The molecule has 1 aliphatic heterocycles. The zero-order valence-electron chi connectivity index (χ0n) is 19.2. The van der Waals surface area contributed by atoms with Gasteiger partial charge >= 0.3 is 0 Å². The van der Waals surface area contributed by atoms with Crippen LogP contribution in [-0.2, 0) is 6.61 Å². The van der Waals surface area contributed by atoms with Gasteiger partial charge in [-0.15, -0.1) is 0 Å². The van der Waals surface area contributed by atoms with E-state index in [1.165, 1.54) is 0 Å². The van der Waals surface area contributed by atoms with Crippen molar-refractivity contribution in [2.24, 2.45) is 0 Å². The lowest BCUT2D eigenvalue weighted by atomic mass is 10.0. The molecule has 3 aromatic carbocycles. The fraction of sp³-hybridized carbons (Fsp3) is 0.185. The Morgan fingerprint density at radius 2 is 1.76 bits per heavy atom. The maximum absolute atomic E-state index is 13.5. The highest BCUT2D eigenvalue weighted by Gasteiger charge is 2.34. The maximum Gasteiger partial charge on any atom is 0.262 e. The number of rotatable bonds is 6. The molecule has 0 saturated heterocycles. The molecule has 7 heteroatoms. The number of para-hydroxylation sites is 2. The van der Waals surface area contributed by atoms with Crippen LogP contribution in [0.2, 0.25) is 0 Å². The van der Waals surface area contributed by atoms with E-state index in [4.69, 9.17) is 14.0 Å². The predicted molar refractivity (Wildman–Crippen MR) is 129 cm³/mol. The fourth-order valence-electron chi connectivity index (χ4n) is 4.17. The first-order valence-corrected chi connectivity index (χ1v) is 11.0. The van der Waals surface area contributed by atoms with E-state index >= 15 is 0 Å². The topological polar surface area (TPSA) is 76.8 Å². The van der Waals surface area contributed by atoms with Gasteiger partial charge in [-0.05, 0) is 55.8 Å². The van der Waals surface area contributed by atoms with Crippen LogP contribution in [0.25, 0.3) is 0 Å². The molecule has 1 unspecified atom stereocenters. The third-order valence-electron chi connectivity index (χ3n) is 6.02. The summed E-state index contributed by atoms with van der Waals surface area (Å²) >= 11 is 0. The standard InChI is InChI=1S/C27H25N3O4/c1-17-22(18(2)34-29-17)16-33-24-14-13-19(15-25(24)32-3)26-28-23-12-8-7-11-21(23)27(31)30(26)20-9-5-4-6-10-20/h4-15,26,28H,16H2,1-3H3. The number of carbonyl (C=O) groups excluding carboxylic acids is 1. The Bertz CT molecular complexity index is 1310. The molecule has 0 saturated carbocycles. The number of nitrogens with one attached hydrogen (secondary N) is 1. The minimum atomic E-state index is -0.421. The van der Waals surface area contributed by atoms with Crippen LogP contribution in [0.1, 0.15) is 39.1 Å². The van der Waals surface area contributed by atoms with Gasteiger partial charge in [0, 0.05) is 11.4 Å². The Kier molecular flexibility index (Phi) is 5.67. The summed E-state index contributed by atoms with van der Waals surface area (Å²) in [4.78, 5) is 15.3. The van der Waals surface area contributed by atoms with Crippen molar-refractivity contribution in [1.29, 1.82) is 0 Å². The molecule has 1 aromatic heterocycles. The normalized spacial score (nSPS) is 15.0. The highest BCUT2D eigenvalue weighted by atomic mass is 16.5. The molecule has 0 spiro atoms. The summed E-state index contributed by atoms with van der Waals surface area (Å²) in [7, 11) is 1.60. The summed E-state index contributed by atoms with van der Waals surface area (Å²) in [6.07, 6.45) is -0.421. The smallest absolute Gasteiger partial charge is 0.262 e. The van der Waals surface area contributed by atoms with E-state index in [1.54, 1.807) is 12.0 Å². The SMILES string of the molecule is COc1cc(C2Nc3ccccc3C(=O)N2c2ccccc2)ccc1OCc1c(C)noc1C. The zero-order chi connectivity index (χ0) is 23.7. The van der Waals surface area contributed by atoms with E-state index in [0.717, 1.165) is 34.0 Å². The molecule has 2 heterocycles. The van der Waals surface area contributed by atoms with Gasteiger partial charge in [-0.25, -0.2) is 0 Å². The van der Waals surface area contributed by atoms with Gasteiger partial charge in [-0.2, -0.15) is 0 Å². The number of hydrogen-bond acceptors (Lipinski definition) is 6. The van der Waals surface area contributed by atoms with Crippen molar-refractivity contribution >= 4 is 17.3 Å². The third kappa shape index (κ3) is 3.85. The van der Waals surface area contributed by atoms with Crippen molar-refractivity contribution in [2.75, 3.05) is 17.3 Å². The summed E-state index contributed by atoms with van der Waals surface area (Å²) in [5.74, 6) is 1.84. The fourth-order valence-corrected chi connectivity index (χ4v) is 4.17. The number of methoxy groups -OCH3 is 1. The average Bonchev–Trinajstić information content (AvgIpc) is 3.20. The minimum absolute atomic E-state index is 0.0664. The van der Waals surface area contributed by atoms with Crippen LogP contribution in [0.4, 0.5) is 11.4 Å². The second kappa shape index (κ2) is 8.94. The van der Waals surface area contributed by atoms with Crippen LogP contribution in [-0.4, -0.2) is 18.2 Å². The van der Waals surface area contributed by atoms with Crippen LogP contribution in [0.5, 0.6) is 11.5 Å². The molecule has 0 radical (unpaired) electrons. The molecule has 0 fully saturated rings. The highest BCUT2D eigenvalue weighted by Crippen LogP contribution is 2.39. The van der Waals surface area contributed by atoms with Gasteiger partial charge in [0.15, 0.2) is 11.5 Å². The molecule has 7 nitrogen and oxygen atoms in total. The van der Waals surface area contributed by atoms with Crippen LogP contribution >= 0.6 is 0 Å². The maximum atomic E-state index is 13.5. The molecule has 34 heavy (non-hydrogen) atoms. The average molecular weight is 456 g/mol. The number of anilines is 2. The summed E-state index contributed by atoms with van der Waals surface area (Å²) in [5.41, 5.74) is 4.81. The van der Waals surface area contributed by atoms with Gasteiger partial charge in [0.2, 0.25) is 0 Å². The van der Waals surface area contributed by atoms with E-state index < -0.39 is 6.17 Å². The van der Waals surface area contributed by atoms with Gasteiger partial charge in [0.1, 0.15) is 18.5 Å². The number of fused-ring (bicyclic) bond motifs is 1. The van der Waals surface area contributed by atoms with Crippen molar-refractivity contribution in [2.45, 2.75) is 26.6 Å². The van der Waals surface area contributed by atoms with Crippen molar-refractivity contribution in [3.8, 4) is 11.5 Å². The zero-order valence-corrected chi connectivity index (χ0v) is 19.2. The molecule has 1 N–H and O–H groups in total. The summed E-state index contributed by atoms with van der Waals surface area (Å²) in [6.45, 7) is 4.07. The lowest BCUT2D eigenvalue weighted by Crippen LogP contribution is -2.43. The Morgan fingerprint density at radius 1 is 1.00 bits per heavy atom. The van der Waals surface area contributed by atoms with Gasteiger partial charge in [-0.1, -0.05) is 41.6 Å². The number of carbonyl (C=O) groups is 1. The second-order valence-electron chi connectivity index (χ2n) is 8.10. The third-order valence-corrected chi connectivity index (χ3v) is 6.02. The number of benzene rings is 3. The lowest BCUT2D eigenvalue weighted by Gasteiger charge is -2.38. The minimum Gasteiger partial charge on any atom is -0.493 e. The number of ether oxygens (including phenoxy) is 2. The molecule has 172 valence electrons. The first-order chi connectivity index (χ1) is 16.6. The molecular formula is C27H25N3O4. The Hall–Kier alpha value is -4.26. The molecule has 5 rings (SSSR count). The van der Waals surface area contributed by atoms with Gasteiger partial charge < -0.3 is 19.3 Å². The van der Waals surface area contributed by atoms with Gasteiger partial charge in [-0.3, -0.25) is 9.69 Å². The first kappa shape index (κ1) is 21.6. The number of hydrogen-bond donors (Lipinski definition) is 1. The number of amides is 1. The predicted octanol–water partition coefficient (Wildman–Crippen LogP) is 5.65. The van der Waals surface area contributed by atoms with Gasteiger partial charge in [0.25, 0.3) is 5.91 Å². The molecule has 1 atom stereocenters. The van der Waals surface area contributed by atoms with Crippen molar-refractivity contribution < 1.29 is 18.8 Å². The second-order valence-corrected chi connectivity index (χ2v) is 8.10. The van der Waals surface area contributed by atoms with Crippen LogP contribution < -0.4 is 19.7 Å². The Morgan fingerprint density at radius 3 is 2.50 bits per heavy atom. The number of nitrogens with zero attached hydrogens (tertiary/aromatic N) is 2. The van der Waals surface area contributed by atoms with Crippen LogP contribution in [0.15, 0.2) is 77.3 Å². The monoisotopic (exact) mass is 455 g/mol. The Labute approximate surface area is 197 Å². The lowest BCUT2D eigenvalue weighted by molar-refractivity contribution is 0.0975. The van der Waals surface area contributed by atoms with E-state index in [1.807, 2.05) is 86.6 Å². The molecule has 0 aliphatic carbocycles. The van der Waals surface area contributed by atoms with Crippen molar-refractivity contribution in [3.05, 3.63) is 101 Å². The summed E-state index contributed by atoms with van der Waals surface area (Å²) in [6, 6.07) is 22.9. The quantitative estimate of drug-likeness (QED) is 0.405. The molecule has 0 bridgehead atoms. The first-order valence-electron chi connectivity index (χ1n) is 11.0. The van der Waals surface area contributed by atoms with E-state index in [9.17, 15) is 4.79 Å². The Balaban J connectivity index is 1.50. The largest absolute Gasteiger partial charge is 0.493 e. The van der Waals surface area contributed by atoms with Gasteiger partial charge in [0.05, 0.1) is 23.9 Å². The number of aryl methyl sites for hydroxylation is 2. The number of aromatic nitrogens is 1. The molecule has 4 aromatic rings. The van der Waals surface area contributed by atoms with Crippen molar-refractivity contribution in [1.82, 2.24) is 5.16 Å². The molecule has 1 amide bonds. The van der Waals surface area contributed by atoms with E-state index in [-0.39, 0.29) is 5.91 Å².